The van der Waals surface area contributed by atoms with Gasteiger partial charge in [-0.2, -0.15) is 0 Å². The van der Waals surface area contributed by atoms with Crippen LogP contribution in [0.5, 0.6) is 0 Å². The Hall–Kier alpha value is -0.640. The minimum atomic E-state index is -0.862. The second kappa shape index (κ2) is 2.94. The van der Waals surface area contributed by atoms with E-state index < -0.39 is 11.7 Å². The third-order valence-corrected chi connectivity index (χ3v) is 3.17. The molecule has 2 heterocycles. The van der Waals surface area contributed by atoms with Gasteiger partial charge in [-0.25, -0.2) is 4.39 Å². The van der Waals surface area contributed by atoms with E-state index >= 15 is 0 Å². The number of fused-ring (bicyclic) bond motifs is 1. The van der Waals surface area contributed by atoms with Crippen molar-refractivity contribution in [2.24, 2.45) is 0 Å². The van der Waals surface area contributed by atoms with Gasteiger partial charge in [-0.05, 0) is 19.4 Å². The van der Waals surface area contributed by atoms with Crippen LogP contribution in [0.1, 0.15) is 19.3 Å². The van der Waals surface area contributed by atoms with Crippen molar-refractivity contribution >= 4 is 5.97 Å². The molecule has 0 bridgehead atoms. The Kier molecular flexibility index (Phi) is 2.02. The molecule has 0 aromatic carbocycles. The summed E-state index contributed by atoms with van der Waals surface area (Å²) in [5.74, 6) is -0.259. The van der Waals surface area contributed by atoms with Crippen molar-refractivity contribution in [2.45, 2.75) is 31.0 Å². The Morgan fingerprint density at radius 1 is 1.69 bits per heavy atom. The van der Waals surface area contributed by atoms with Gasteiger partial charge in [-0.15, -0.1) is 0 Å². The van der Waals surface area contributed by atoms with Crippen LogP contribution in [0.3, 0.4) is 0 Å². The fourth-order valence-corrected chi connectivity index (χ4v) is 2.61. The van der Waals surface area contributed by atoms with Crippen LogP contribution in [0.2, 0.25) is 0 Å². The normalized spacial score (nSPS) is 39.1. The average Bonchev–Trinajstić information content (AvgIpc) is 2.59. The van der Waals surface area contributed by atoms with Gasteiger partial charge in [-0.1, -0.05) is 0 Å². The van der Waals surface area contributed by atoms with E-state index in [1.807, 2.05) is 4.90 Å². The van der Waals surface area contributed by atoms with Crippen LogP contribution in [-0.2, 0) is 9.53 Å². The molecule has 13 heavy (non-hydrogen) atoms. The van der Waals surface area contributed by atoms with Crippen LogP contribution in [0.25, 0.3) is 0 Å². The Morgan fingerprint density at radius 2 is 2.46 bits per heavy atom. The van der Waals surface area contributed by atoms with Crippen molar-refractivity contribution in [3.05, 3.63) is 0 Å². The van der Waals surface area contributed by atoms with E-state index in [0.29, 0.717) is 13.0 Å². The molecule has 0 aromatic heterocycles. The minimum absolute atomic E-state index is 0.259. The third-order valence-electron chi connectivity index (χ3n) is 3.17. The summed E-state index contributed by atoms with van der Waals surface area (Å²) in [6.45, 7) is 1.23. The number of carbonyl (C=O) groups is 1. The van der Waals surface area contributed by atoms with Crippen molar-refractivity contribution in [2.75, 3.05) is 20.2 Å². The summed E-state index contributed by atoms with van der Waals surface area (Å²) in [6.07, 6.45) is 1.18. The lowest BCUT2D eigenvalue weighted by atomic mass is 9.94. The molecular weight excluding hydrogens is 173 g/mol. The summed E-state index contributed by atoms with van der Waals surface area (Å²) in [7, 11) is 1.37. The molecule has 2 rings (SSSR count). The Balaban J connectivity index is 2.23. The molecule has 74 valence electrons. The molecule has 0 unspecified atom stereocenters. The Labute approximate surface area is 76.8 Å². The first-order chi connectivity index (χ1) is 6.19. The Bertz CT molecular complexity index is 234. The molecule has 0 saturated carbocycles. The first kappa shape index (κ1) is 8.94. The summed E-state index contributed by atoms with van der Waals surface area (Å²) in [5.41, 5.74) is -0.617. The van der Waals surface area contributed by atoms with E-state index in [1.54, 1.807) is 0 Å². The smallest absolute Gasteiger partial charge is 0.326 e. The van der Waals surface area contributed by atoms with Crippen LogP contribution >= 0.6 is 0 Å². The van der Waals surface area contributed by atoms with Crippen LogP contribution in [0, 0.1) is 0 Å². The molecule has 2 saturated heterocycles. The molecular formula is C9H14FNO2. The molecule has 2 aliphatic rings. The summed E-state index contributed by atoms with van der Waals surface area (Å²) >= 11 is 0. The van der Waals surface area contributed by atoms with Crippen molar-refractivity contribution in [1.82, 2.24) is 4.90 Å². The molecule has 0 amide bonds. The molecule has 4 heteroatoms. The van der Waals surface area contributed by atoms with E-state index in [-0.39, 0.29) is 5.97 Å². The van der Waals surface area contributed by atoms with Crippen molar-refractivity contribution in [1.29, 1.82) is 0 Å². The second-order valence-electron chi connectivity index (χ2n) is 3.87. The van der Waals surface area contributed by atoms with Gasteiger partial charge in [-0.3, -0.25) is 9.69 Å². The zero-order chi connectivity index (χ0) is 9.47. The maximum Gasteiger partial charge on any atom is 0.326 e. The Morgan fingerprint density at radius 3 is 3.15 bits per heavy atom. The lowest BCUT2D eigenvalue weighted by Gasteiger charge is -2.27. The number of methoxy groups -OCH3 is 1. The molecule has 0 radical (unpaired) electrons. The minimum Gasteiger partial charge on any atom is -0.468 e. The average molecular weight is 187 g/mol. The zero-order valence-corrected chi connectivity index (χ0v) is 7.75. The lowest BCUT2D eigenvalue weighted by Crippen LogP contribution is -2.46. The van der Waals surface area contributed by atoms with Gasteiger partial charge < -0.3 is 4.74 Å². The van der Waals surface area contributed by atoms with E-state index in [0.717, 1.165) is 19.4 Å². The number of halogens is 1. The van der Waals surface area contributed by atoms with Gasteiger partial charge in [0.1, 0.15) is 11.7 Å². The number of esters is 1. The maximum absolute atomic E-state index is 13.1. The molecule has 0 aliphatic carbocycles. The third kappa shape index (κ3) is 1.15. The number of alkyl halides is 1. The zero-order valence-electron chi connectivity index (χ0n) is 7.75. The summed E-state index contributed by atoms with van der Waals surface area (Å²) in [5, 5.41) is 0. The molecule has 0 N–H and O–H groups in total. The van der Waals surface area contributed by atoms with Gasteiger partial charge in [0.2, 0.25) is 0 Å². The van der Waals surface area contributed by atoms with E-state index in [9.17, 15) is 9.18 Å². The standard InChI is InChI=1S/C9H14FNO2/c1-13-8(12)9-3-2-4-11(9)6-7(10)5-9/h7H,2-6H2,1H3/t7-,9+/m0/s1. The number of carbonyl (C=O) groups excluding carboxylic acids is 1. The number of hydrogen-bond donors (Lipinski definition) is 0. The quantitative estimate of drug-likeness (QED) is 0.567. The van der Waals surface area contributed by atoms with Crippen molar-refractivity contribution in [3.8, 4) is 0 Å². The van der Waals surface area contributed by atoms with E-state index in [1.165, 1.54) is 7.11 Å². The topological polar surface area (TPSA) is 29.5 Å². The van der Waals surface area contributed by atoms with Crippen molar-refractivity contribution in [3.63, 3.8) is 0 Å². The first-order valence-electron chi connectivity index (χ1n) is 4.66. The fraction of sp³-hybridized carbons (Fsp3) is 0.889. The molecule has 2 atom stereocenters. The largest absolute Gasteiger partial charge is 0.468 e. The molecule has 0 aromatic rings. The van der Waals surface area contributed by atoms with Gasteiger partial charge in [0.15, 0.2) is 0 Å². The van der Waals surface area contributed by atoms with Gasteiger partial charge in [0, 0.05) is 13.0 Å². The number of ether oxygens (including phenoxy) is 1. The lowest BCUT2D eigenvalue weighted by molar-refractivity contribution is -0.151. The fourth-order valence-electron chi connectivity index (χ4n) is 2.61. The summed E-state index contributed by atoms with van der Waals surface area (Å²) < 4.78 is 17.9. The highest BCUT2D eigenvalue weighted by Gasteiger charge is 2.54. The number of hydrogen-bond acceptors (Lipinski definition) is 3. The predicted octanol–water partition coefficient (Wildman–Crippen LogP) is 0.736. The van der Waals surface area contributed by atoms with Gasteiger partial charge >= 0.3 is 5.97 Å². The molecule has 2 fully saturated rings. The van der Waals surface area contributed by atoms with Crippen LogP contribution in [-0.4, -0.2) is 42.8 Å². The SMILES string of the molecule is COC(=O)[C@]12CCCN1C[C@@H](F)C2. The number of rotatable bonds is 1. The maximum atomic E-state index is 13.1. The summed E-state index contributed by atoms with van der Waals surface area (Å²) in [6, 6.07) is 0. The van der Waals surface area contributed by atoms with Gasteiger partial charge in [0.05, 0.1) is 7.11 Å². The van der Waals surface area contributed by atoms with E-state index in [2.05, 4.69) is 0 Å². The van der Waals surface area contributed by atoms with Crippen LogP contribution in [0.15, 0.2) is 0 Å². The second-order valence-corrected chi connectivity index (χ2v) is 3.87. The predicted molar refractivity (Wildman–Crippen MR) is 45.1 cm³/mol. The van der Waals surface area contributed by atoms with Crippen molar-refractivity contribution < 1.29 is 13.9 Å². The first-order valence-corrected chi connectivity index (χ1v) is 4.66. The monoisotopic (exact) mass is 187 g/mol. The van der Waals surface area contributed by atoms with Gasteiger partial charge in [0.25, 0.3) is 0 Å². The van der Waals surface area contributed by atoms with E-state index in [4.69, 9.17) is 4.74 Å². The highest BCUT2D eigenvalue weighted by Crippen LogP contribution is 2.40. The summed E-state index contributed by atoms with van der Waals surface area (Å²) in [4.78, 5) is 13.5. The van der Waals surface area contributed by atoms with Crippen LogP contribution < -0.4 is 0 Å². The molecule has 2 aliphatic heterocycles. The molecule has 0 spiro atoms. The molecule has 3 nitrogen and oxygen atoms in total. The number of nitrogens with zero attached hydrogens (tertiary/aromatic N) is 1. The highest BCUT2D eigenvalue weighted by atomic mass is 19.1. The highest BCUT2D eigenvalue weighted by molar-refractivity contribution is 5.81. The van der Waals surface area contributed by atoms with Crippen LogP contribution in [0.4, 0.5) is 4.39 Å².